The quantitative estimate of drug-likeness (QED) is 0.739. The van der Waals surface area contributed by atoms with Crippen LogP contribution in [0.1, 0.15) is 21.7 Å². The van der Waals surface area contributed by atoms with Crippen molar-refractivity contribution in [3.63, 3.8) is 0 Å². The summed E-state index contributed by atoms with van der Waals surface area (Å²) in [6.45, 7) is 0. The number of pyridine rings is 1. The average Bonchev–Trinajstić information content (AvgIpc) is 2.93. The van der Waals surface area contributed by atoms with E-state index in [1.807, 2.05) is 6.07 Å². The molecule has 0 fully saturated rings. The van der Waals surface area contributed by atoms with Crippen LogP contribution in [0.3, 0.4) is 0 Å². The number of benzene rings is 1. The number of aromatic carboxylic acids is 1. The Kier molecular flexibility index (Phi) is 2.56. The Hall–Kier alpha value is -2.33. The predicted octanol–water partition coefficient (Wildman–Crippen LogP) is 3.95. The summed E-state index contributed by atoms with van der Waals surface area (Å²) in [6.07, 6.45) is 2.92. The molecule has 0 bridgehead atoms. The predicted molar refractivity (Wildman–Crippen MR) is 78.8 cm³/mol. The second kappa shape index (κ2) is 4.33. The molecule has 1 aliphatic carbocycles. The van der Waals surface area contributed by atoms with Crippen molar-refractivity contribution < 1.29 is 14.3 Å². The summed E-state index contributed by atoms with van der Waals surface area (Å²) in [4.78, 5) is 16.4. The van der Waals surface area contributed by atoms with E-state index in [0.29, 0.717) is 40.0 Å². The van der Waals surface area contributed by atoms with E-state index in [1.165, 1.54) is 0 Å². The van der Waals surface area contributed by atoms with Gasteiger partial charge < -0.3 is 9.52 Å². The van der Waals surface area contributed by atoms with Gasteiger partial charge in [-0.05, 0) is 30.2 Å². The molecule has 104 valence electrons. The minimum Gasteiger partial charge on any atom is -0.478 e. The van der Waals surface area contributed by atoms with E-state index in [1.54, 1.807) is 24.5 Å². The molecule has 0 radical (unpaired) electrons. The highest BCUT2D eigenvalue weighted by atomic mass is 35.5. The highest BCUT2D eigenvalue weighted by Crippen LogP contribution is 2.37. The minimum atomic E-state index is -0.937. The molecule has 0 atom stereocenters. The van der Waals surface area contributed by atoms with E-state index in [4.69, 9.17) is 16.0 Å². The average molecular weight is 300 g/mol. The monoisotopic (exact) mass is 299 g/mol. The molecule has 1 aromatic carbocycles. The highest BCUT2D eigenvalue weighted by molar-refractivity contribution is 6.31. The first-order chi connectivity index (χ1) is 10.1. The molecular formula is C16H10ClNO3. The Morgan fingerprint density at radius 3 is 2.95 bits per heavy atom. The normalized spacial score (nSPS) is 13.0. The standard InChI is InChI=1S/C16H10ClNO3/c17-8-1-2-9-12(7-8)18-15-10-5-6-21-13(10)4-3-11(15)14(9)16(19)20/h1-2,5-7H,3-4H2,(H,19,20). The van der Waals surface area contributed by atoms with Crippen molar-refractivity contribution in [2.45, 2.75) is 12.8 Å². The van der Waals surface area contributed by atoms with Gasteiger partial charge in [-0.25, -0.2) is 9.78 Å². The minimum absolute atomic E-state index is 0.318. The van der Waals surface area contributed by atoms with E-state index in [0.717, 1.165) is 16.9 Å². The zero-order valence-electron chi connectivity index (χ0n) is 10.9. The Balaban J connectivity index is 2.16. The molecule has 0 saturated carbocycles. The number of hydrogen-bond acceptors (Lipinski definition) is 3. The number of aromatic nitrogens is 1. The van der Waals surface area contributed by atoms with Crippen LogP contribution >= 0.6 is 11.6 Å². The van der Waals surface area contributed by atoms with Crippen LogP contribution in [-0.4, -0.2) is 16.1 Å². The van der Waals surface area contributed by atoms with Crippen LogP contribution < -0.4 is 0 Å². The fourth-order valence-electron chi connectivity index (χ4n) is 2.97. The number of halogens is 1. The van der Waals surface area contributed by atoms with Gasteiger partial charge in [0.1, 0.15) is 5.76 Å². The lowest BCUT2D eigenvalue weighted by atomic mass is 9.89. The van der Waals surface area contributed by atoms with Gasteiger partial charge in [0.2, 0.25) is 0 Å². The van der Waals surface area contributed by atoms with E-state index >= 15 is 0 Å². The SMILES string of the molecule is O=C(O)c1c2c(nc3cc(Cl)ccc13)-c1ccoc1CC2. The Labute approximate surface area is 125 Å². The summed E-state index contributed by atoms with van der Waals surface area (Å²) >= 11 is 6.01. The van der Waals surface area contributed by atoms with Gasteiger partial charge in [-0.2, -0.15) is 0 Å². The zero-order chi connectivity index (χ0) is 14.6. The number of carbonyl (C=O) groups is 1. The molecule has 0 saturated heterocycles. The molecular weight excluding hydrogens is 290 g/mol. The van der Waals surface area contributed by atoms with Gasteiger partial charge in [-0.3, -0.25) is 0 Å². The summed E-state index contributed by atoms with van der Waals surface area (Å²) in [5, 5.41) is 10.8. The molecule has 0 amide bonds. The molecule has 1 aliphatic rings. The molecule has 2 heterocycles. The van der Waals surface area contributed by atoms with E-state index in [2.05, 4.69) is 4.98 Å². The molecule has 3 aromatic rings. The number of nitrogens with zero attached hydrogens (tertiary/aromatic N) is 1. The first-order valence-corrected chi connectivity index (χ1v) is 6.95. The Morgan fingerprint density at radius 1 is 1.29 bits per heavy atom. The number of aryl methyl sites for hydroxylation is 1. The summed E-state index contributed by atoms with van der Waals surface area (Å²) in [5.41, 5.74) is 3.25. The maximum Gasteiger partial charge on any atom is 0.336 e. The first kappa shape index (κ1) is 12.4. The number of rotatable bonds is 1. The second-order valence-electron chi connectivity index (χ2n) is 5.04. The first-order valence-electron chi connectivity index (χ1n) is 6.57. The largest absolute Gasteiger partial charge is 0.478 e. The third-order valence-electron chi connectivity index (χ3n) is 3.87. The molecule has 0 spiro atoms. The van der Waals surface area contributed by atoms with Crippen LogP contribution in [0.25, 0.3) is 22.2 Å². The van der Waals surface area contributed by atoms with Crippen LogP contribution in [-0.2, 0) is 12.8 Å². The molecule has 0 unspecified atom stereocenters. The number of carboxylic acids is 1. The van der Waals surface area contributed by atoms with Crippen molar-refractivity contribution in [2.75, 3.05) is 0 Å². The summed E-state index contributed by atoms with van der Waals surface area (Å²) in [7, 11) is 0. The van der Waals surface area contributed by atoms with Crippen molar-refractivity contribution in [3.05, 3.63) is 52.4 Å². The van der Waals surface area contributed by atoms with Crippen molar-refractivity contribution >= 4 is 28.5 Å². The van der Waals surface area contributed by atoms with Gasteiger partial charge in [0, 0.05) is 22.4 Å². The lowest BCUT2D eigenvalue weighted by Crippen LogP contribution is -2.12. The van der Waals surface area contributed by atoms with Gasteiger partial charge >= 0.3 is 5.97 Å². The summed E-state index contributed by atoms with van der Waals surface area (Å²) in [5.74, 6) is -0.0827. The van der Waals surface area contributed by atoms with Crippen molar-refractivity contribution in [1.29, 1.82) is 0 Å². The molecule has 2 aromatic heterocycles. The number of hydrogen-bond donors (Lipinski definition) is 1. The van der Waals surface area contributed by atoms with E-state index in [9.17, 15) is 9.90 Å². The second-order valence-corrected chi connectivity index (χ2v) is 5.47. The summed E-state index contributed by atoms with van der Waals surface area (Å²) < 4.78 is 5.44. The van der Waals surface area contributed by atoms with E-state index in [-0.39, 0.29) is 0 Å². The number of furan rings is 1. The lowest BCUT2D eigenvalue weighted by molar-refractivity contribution is 0.0697. The van der Waals surface area contributed by atoms with Crippen molar-refractivity contribution in [3.8, 4) is 11.3 Å². The topological polar surface area (TPSA) is 63.3 Å². The van der Waals surface area contributed by atoms with Crippen molar-refractivity contribution in [1.82, 2.24) is 4.98 Å². The van der Waals surface area contributed by atoms with Gasteiger partial charge in [-0.15, -0.1) is 0 Å². The third kappa shape index (κ3) is 1.76. The molecule has 0 aliphatic heterocycles. The third-order valence-corrected chi connectivity index (χ3v) is 4.10. The van der Waals surface area contributed by atoms with Gasteiger partial charge in [0.25, 0.3) is 0 Å². The van der Waals surface area contributed by atoms with Crippen molar-refractivity contribution in [2.24, 2.45) is 0 Å². The summed E-state index contributed by atoms with van der Waals surface area (Å²) in [6, 6.07) is 6.94. The van der Waals surface area contributed by atoms with Crippen LogP contribution in [0.15, 0.2) is 34.9 Å². The fourth-order valence-corrected chi connectivity index (χ4v) is 3.14. The lowest BCUT2D eigenvalue weighted by Gasteiger charge is -2.18. The van der Waals surface area contributed by atoms with Crippen LogP contribution in [0, 0.1) is 0 Å². The molecule has 1 N–H and O–H groups in total. The van der Waals surface area contributed by atoms with Crippen LogP contribution in [0.2, 0.25) is 5.02 Å². The maximum absolute atomic E-state index is 11.7. The Bertz CT molecular complexity index is 898. The highest BCUT2D eigenvalue weighted by Gasteiger charge is 2.27. The van der Waals surface area contributed by atoms with Crippen LogP contribution in [0.4, 0.5) is 0 Å². The van der Waals surface area contributed by atoms with E-state index < -0.39 is 5.97 Å². The van der Waals surface area contributed by atoms with Gasteiger partial charge in [-0.1, -0.05) is 17.7 Å². The number of fused-ring (bicyclic) bond motifs is 4. The number of carboxylic acid groups (broad SMARTS) is 1. The molecule has 21 heavy (non-hydrogen) atoms. The fraction of sp³-hybridized carbons (Fsp3) is 0.125. The molecule has 4 rings (SSSR count). The van der Waals surface area contributed by atoms with Gasteiger partial charge in [0.15, 0.2) is 0 Å². The van der Waals surface area contributed by atoms with Crippen LogP contribution in [0.5, 0.6) is 0 Å². The zero-order valence-corrected chi connectivity index (χ0v) is 11.6. The smallest absolute Gasteiger partial charge is 0.336 e. The molecule has 5 heteroatoms. The Morgan fingerprint density at radius 2 is 2.14 bits per heavy atom. The maximum atomic E-state index is 11.7. The van der Waals surface area contributed by atoms with Gasteiger partial charge in [0.05, 0.1) is 23.0 Å². The molecule has 4 nitrogen and oxygen atoms in total.